The molecule has 0 fully saturated rings. The molecule has 2 aliphatic heterocycles. The first-order valence-electron chi connectivity index (χ1n) is 6.88. The third-order valence-corrected chi connectivity index (χ3v) is 3.55. The van der Waals surface area contributed by atoms with Gasteiger partial charge in [-0.25, -0.2) is 14.8 Å². The van der Waals surface area contributed by atoms with Crippen molar-refractivity contribution >= 4 is 5.97 Å². The van der Waals surface area contributed by atoms with E-state index in [1.165, 1.54) is 0 Å². The van der Waals surface area contributed by atoms with E-state index >= 15 is 0 Å². The van der Waals surface area contributed by atoms with Crippen molar-refractivity contribution in [2.45, 2.75) is 19.9 Å². The lowest BCUT2D eigenvalue weighted by Crippen LogP contribution is -2.05. The summed E-state index contributed by atoms with van der Waals surface area (Å²) >= 11 is 0. The summed E-state index contributed by atoms with van der Waals surface area (Å²) in [5, 5.41) is 19.1. The summed E-state index contributed by atoms with van der Waals surface area (Å²) in [6, 6.07) is 8.51. The molecular weight excluding hydrogens is 282 g/mol. The first-order valence-corrected chi connectivity index (χ1v) is 6.88. The van der Waals surface area contributed by atoms with Crippen LogP contribution in [0.25, 0.3) is 11.4 Å². The molecule has 2 N–H and O–H groups in total. The number of carboxylic acids is 1. The smallest absolute Gasteiger partial charge is 0.335 e. The Morgan fingerprint density at radius 2 is 2.00 bits per heavy atom. The topological polar surface area (TPSA) is 88.2 Å². The van der Waals surface area contributed by atoms with Gasteiger partial charge in [-0.05, 0) is 37.1 Å². The molecule has 0 radical (unpaired) electrons. The molecule has 3 rings (SSSR count). The quantitative estimate of drug-likeness (QED) is 0.771. The van der Waals surface area contributed by atoms with Crippen LogP contribution >= 0.6 is 0 Å². The van der Waals surface area contributed by atoms with Gasteiger partial charge < -0.3 is 14.8 Å². The molecular formula is C16H15N3O3. The minimum Gasteiger partial charge on any atom is -0.494 e. The Morgan fingerprint density at radius 3 is 2.68 bits per heavy atom. The molecule has 6 nitrogen and oxygen atoms in total. The van der Waals surface area contributed by atoms with Crippen LogP contribution in [-0.4, -0.2) is 30.7 Å². The summed E-state index contributed by atoms with van der Waals surface area (Å²) < 4.78 is 1.66. The number of carboxylic acid groups (broad SMARTS) is 1. The molecule has 0 saturated heterocycles. The van der Waals surface area contributed by atoms with Crippen LogP contribution in [0, 0.1) is 6.92 Å². The molecule has 6 heteroatoms. The predicted molar refractivity (Wildman–Crippen MR) is 80.2 cm³/mol. The summed E-state index contributed by atoms with van der Waals surface area (Å²) in [6.45, 7) is 2.40. The molecule has 0 spiro atoms. The Kier molecular flexibility index (Phi) is 3.50. The molecule has 1 aromatic rings. The lowest BCUT2D eigenvalue weighted by molar-refractivity contribution is 0.0697. The number of hydrogen-bond donors (Lipinski definition) is 2. The van der Waals surface area contributed by atoms with Gasteiger partial charge in [-0.1, -0.05) is 12.1 Å². The highest BCUT2D eigenvalue weighted by molar-refractivity contribution is 5.87. The number of carbonyl (C=O) groups is 1. The second kappa shape index (κ2) is 5.48. The largest absolute Gasteiger partial charge is 0.494 e. The standard InChI is InChI=1S/C16H15N3O3/c1-10-8-13-14(18-10)17-9-19(15(13)20)7-6-11-2-4-12(5-3-11)16(21)22/h2-5,8-9,20H,6-7H2,1H3,(H,21,22). The summed E-state index contributed by atoms with van der Waals surface area (Å²) in [4.78, 5) is 19.3. The van der Waals surface area contributed by atoms with E-state index in [-0.39, 0.29) is 11.4 Å². The zero-order valence-electron chi connectivity index (χ0n) is 12.0. The van der Waals surface area contributed by atoms with Crippen molar-refractivity contribution < 1.29 is 15.0 Å². The minimum absolute atomic E-state index is 0.146. The number of aromatic nitrogens is 3. The molecule has 0 unspecified atom stereocenters. The van der Waals surface area contributed by atoms with Gasteiger partial charge in [0.25, 0.3) is 0 Å². The summed E-state index contributed by atoms with van der Waals surface area (Å²) in [5.74, 6) is -0.253. The second-order valence-corrected chi connectivity index (χ2v) is 5.15. The van der Waals surface area contributed by atoms with E-state index in [4.69, 9.17) is 5.11 Å². The van der Waals surface area contributed by atoms with Crippen molar-refractivity contribution in [3.63, 3.8) is 0 Å². The highest BCUT2D eigenvalue weighted by Crippen LogP contribution is 2.29. The normalized spacial score (nSPS) is 11.0. The summed E-state index contributed by atoms with van der Waals surface area (Å²) in [5.41, 5.74) is 2.72. The highest BCUT2D eigenvalue weighted by atomic mass is 16.4. The number of aromatic hydroxyl groups is 1. The number of aryl methyl sites for hydroxylation is 3. The monoisotopic (exact) mass is 297 g/mol. The van der Waals surface area contributed by atoms with E-state index < -0.39 is 5.97 Å². The van der Waals surface area contributed by atoms with Crippen LogP contribution < -0.4 is 0 Å². The zero-order valence-corrected chi connectivity index (χ0v) is 12.0. The fourth-order valence-corrected chi connectivity index (χ4v) is 2.36. The van der Waals surface area contributed by atoms with E-state index in [0.29, 0.717) is 24.4 Å². The average Bonchev–Trinajstić information content (AvgIpc) is 2.88. The van der Waals surface area contributed by atoms with Gasteiger partial charge in [0.2, 0.25) is 5.88 Å². The number of fused-ring (bicyclic) bond motifs is 1. The van der Waals surface area contributed by atoms with Crippen LogP contribution in [0.1, 0.15) is 21.6 Å². The van der Waals surface area contributed by atoms with Crippen LogP contribution in [-0.2, 0) is 13.0 Å². The van der Waals surface area contributed by atoms with Crippen molar-refractivity contribution in [1.82, 2.24) is 14.5 Å². The van der Waals surface area contributed by atoms with E-state index in [2.05, 4.69) is 9.97 Å². The third-order valence-electron chi connectivity index (χ3n) is 3.55. The minimum atomic E-state index is -0.938. The van der Waals surface area contributed by atoms with E-state index in [1.807, 2.05) is 6.92 Å². The van der Waals surface area contributed by atoms with Crippen molar-refractivity contribution in [2.24, 2.45) is 0 Å². The van der Waals surface area contributed by atoms with Gasteiger partial charge in [0.1, 0.15) is 0 Å². The third kappa shape index (κ3) is 2.63. The van der Waals surface area contributed by atoms with E-state index in [0.717, 1.165) is 11.3 Å². The predicted octanol–water partition coefficient (Wildman–Crippen LogP) is 2.34. The van der Waals surface area contributed by atoms with Gasteiger partial charge in [-0.2, -0.15) is 0 Å². The number of rotatable bonds is 4. The molecule has 0 atom stereocenters. The van der Waals surface area contributed by atoms with Crippen LogP contribution in [0.2, 0.25) is 0 Å². The summed E-state index contributed by atoms with van der Waals surface area (Å²) in [6.07, 6.45) is 2.23. The van der Waals surface area contributed by atoms with Gasteiger partial charge in [0.05, 0.1) is 17.5 Å². The zero-order chi connectivity index (χ0) is 15.7. The lowest BCUT2D eigenvalue weighted by atomic mass is 10.1. The fourth-order valence-electron chi connectivity index (χ4n) is 2.36. The van der Waals surface area contributed by atoms with Crippen LogP contribution in [0.5, 0.6) is 5.88 Å². The van der Waals surface area contributed by atoms with Crippen molar-refractivity contribution in [3.05, 3.63) is 53.5 Å². The van der Waals surface area contributed by atoms with Crippen LogP contribution in [0.15, 0.2) is 36.7 Å². The molecule has 0 aromatic heterocycles. The Bertz CT molecular complexity index is 793. The van der Waals surface area contributed by atoms with Crippen LogP contribution in [0.3, 0.4) is 0 Å². The van der Waals surface area contributed by atoms with Crippen molar-refractivity contribution in [3.8, 4) is 17.3 Å². The Morgan fingerprint density at radius 1 is 1.27 bits per heavy atom. The van der Waals surface area contributed by atoms with E-state index in [9.17, 15) is 9.90 Å². The second-order valence-electron chi connectivity index (χ2n) is 5.15. The van der Waals surface area contributed by atoms with Gasteiger partial charge >= 0.3 is 5.97 Å². The molecule has 2 heterocycles. The maximum Gasteiger partial charge on any atom is 0.335 e. The number of benzene rings is 1. The van der Waals surface area contributed by atoms with Crippen LogP contribution in [0.4, 0.5) is 0 Å². The van der Waals surface area contributed by atoms with Gasteiger partial charge in [-0.3, -0.25) is 0 Å². The number of nitrogens with zero attached hydrogens (tertiary/aromatic N) is 3. The maximum absolute atomic E-state index is 10.8. The average molecular weight is 297 g/mol. The fraction of sp³-hybridized carbons (Fsp3) is 0.188. The Hall–Kier alpha value is -2.89. The molecule has 0 bridgehead atoms. The number of hydrogen-bond acceptors (Lipinski definition) is 4. The Balaban J connectivity index is 1.78. The molecule has 1 aromatic carbocycles. The first kappa shape index (κ1) is 14.1. The first-order chi connectivity index (χ1) is 10.5. The maximum atomic E-state index is 10.8. The molecule has 0 aliphatic carbocycles. The number of aromatic carboxylic acids is 1. The van der Waals surface area contributed by atoms with Gasteiger partial charge in [-0.15, -0.1) is 0 Å². The lowest BCUT2D eigenvalue weighted by Gasteiger charge is -2.11. The SMILES string of the molecule is Cc1cc2c(O)n(CCc3ccc(C(=O)O)cc3)cnc-2n1. The highest BCUT2D eigenvalue weighted by Gasteiger charge is 2.15. The summed E-state index contributed by atoms with van der Waals surface area (Å²) in [7, 11) is 0. The molecule has 2 aliphatic rings. The molecule has 0 amide bonds. The molecule has 0 saturated carbocycles. The van der Waals surface area contributed by atoms with E-state index in [1.54, 1.807) is 41.2 Å². The Labute approximate surface area is 127 Å². The van der Waals surface area contributed by atoms with Crippen molar-refractivity contribution in [1.29, 1.82) is 0 Å². The molecule has 112 valence electrons. The van der Waals surface area contributed by atoms with Gasteiger partial charge in [0, 0.05) is 12.2 Å². The van der Waals surface area contributed by atoms with Gasteiger partial charge in [0.15, 0.2) is 5.82 Å². The molecule has 22 heavy (non-hydrogen) atoms. The van der Waals surface area contributed by atoms with Crippen molar-refractivity contribution in [2.75, 3.05) is 0 Å².